The van der Waals surface area contributed by atoms with Gasteiger partial charge in [0.2, 0.25) is 0 Å². The minimum Gasteiger partial charge on any atom is -0.377 e. The number of hydrogen-bond donors (Lipinski definition) is 1. The van der Waals surface area contributed by atoms with Crippen LogP contribution < -0.4 is 5.32 Å². The quantitative estimate of drug-likeness (QED) is 0.530. The number of para-hydroxylation sites is 1. The third-order valence-corrected chi connectivity index (χ3v) is 6.99. The van der Waals surface area contributed by atoms with Crippen molar-refractivity contribution in [1.29, 1.82) is 0 Å². The third-order valence-electron chi connectivity index (χ3n) is 4.92. The second-order valence-corrected chi connectivity index (χ2v) is 8.97. The van der Waals surface area contributed by atoms with E-state index in [0.717, 1.165) is 30.8 Å². The fraction of sp³-hybridized carbons (Fsp3) is 0.381. The van der Waals surface area contributed by atoms with E-state index >= 15 is 0 Å². The molecule has 6 nitrogen and oxygen atoms in total. The highest BCUT2D eigenvalue weighted by Crippen LogP contribution is 2.27. The molecule has 1 aliphatic rings. The number of benzene rings is 1. The molecule has 1 fully saturated rings. The van der Waals surface area contributed by atoms with E-state index in [1.54, 1.807) is 22.8 Å². The van der Waals surface area contributed by atoms with Crippen LogP contribution in [0.4, 0.5) is 4.39 Å². The maximum Gasteiger partial charge on any atom is 0.261 e. The van der Waals surface area contributed by atoms with Gasteiger partial charge in [0.25, 0.3) is 5.91 Å². The summed E-state index contributed by atoms with van der Waals surface area (Å²) in [6, 6.07) is 8.51. The summed E-state index contributed by atoms with van der Waals surface area (Å²) >= 11 is 2.94. The van der Waals surface area contributed by atoms with E-state index in [4.69, 9.17) is 4.74 Å². The van der Waals surface area contributed by atoms with Crippen molar-refractivity contribution in [2.24, 2.45) is 0 Å². The second-order valence-electron chi connectivity index (χ2n) is 7.07. The van der Waals surface area contributed by atoms with Crippen LogP contribution in [0.2, 0.25) is 0 Å². The lowest BCUT2D eigenvalue weighted by Crippen LogP contribution is -2.26. The maximum atomic E-state index is 14.6. The third kappa shape index (κ3) is 4.74. The topological polar surface area (TPSA) is 69.0 Å². The van der Waals surface area contributed by atoms with Gasteiger partial charge in [-0.25, -0.2) is 4.39 Å². The molecule has 1 N–H and O–H groups in total. The molecule has 9 heteroatoms. The molecule has 2 aromatic heterocycles. The minimum atomic E-state index is -0.337. The average molecular weight is 447 g/mol. The number of carbonyl (C=O) groups excluding carboxylic acids is 1. The standard InChI is InChI=1S/C21H23FN4O2S2/c1-14-9-12-29-19(14)20(27)23-10-8-18-24-25-21(30-13-15-5-4-11-28-15)26(18)17-7-3-2-6-16(17)22/h2-3,6-7,9,12,15H,4-5,8,10-11,13H2,1H3,(H,23,27). The number of hydrogen-bond acceptors (Lipinski definition) is 6. The van der Waals surface area contributed by atoms with Crippen molar-refractivity contribution in [3.8, 4) is 5.69 Å². The van der Waals surface area contributed by atoms with Crippen molar-refractivity contribution in [3.05, 3.63) is 57.8 Å². The van der Waals surface area contributed by atoms with Gasteiger partial charge in [0.1, 0.15) is 11.6 Å². The van der Waals surface area contributed by atoms with Gasteiger partial charge in [-0.15, -0.1) is 21.5 Å². The highest BCUT2D eigenvalue weighted by molar-refractivity contribution is 7.99. The summed E-state index contributed by atoms with van der Waals surface area (Å²) in [6.45, 7) is 3.09. The second kappa shape index (κ2) is 9.72. The molecule has 1 saturated heterocycles. The van der Waals surface area contributed by atoms with Crippen LogP contribution in [0.5, 0.6) is 0 Å². The minimum absolute atomic E-state index is 0.104. The van der Waals surface area contributed by atoms with Crippen molar-refractivity contribution in [3.63, 3.8) is 0 Å². The van der Waals surface area contributed by atoms with Gasteiger partial charge in [0.05, 0.1) is 16.7 Å². The van der Waals surface area contributed by atoms with E-state index in [0.29, 0.717) is 34.5 Å². The van der Waals surface area contributed by atoms with Crippen molar-refractivity contribution in [1.82, 2.24) is 20.1 Å². The number of ether oxygens (including phenoxy) is 1. The molecule has 30 heavy (non-hydrogen) atoms. The Balaban J connectivity index is 1.49. The number of rotatable bonds is 8. The predicted molar refractivity (Wildman–Crippen MR) is 116 cm³/mol. The van der Waals surface area contributed by atoms with E-state index in [-0.39, 0.29) is 17.8 Å². The molecule has 0 radical (unpaired) electrons. The molecular formula is C21H23FN4O2S2. The smallest absolute Gasteiger partial charge is 0.261 e. The molecule has 3 aromatic rings. The Hall–Kier alpha value is -2.23. The summed E-state index contributed by atoms with van der Waals surface area (Å²) in [7, 11) is 0. The zero-order valence-corrected chi connectivity index (χ0v) is 18.3. The van der Waals surface area contributed by atoms with Gasteiger partial charge < -0.3 is 10.1 Å². The highest BCUT2D eigenvalue weighted by atomic mass is 32.2. The van der Waals surface area contributed by atoms with Crippen LogP contribution in [0.3, 0.4) is 0 Å². The number of carbonyl (C=O) groups is 1. The van der Waals surface area contributed by atoms with E-state index in [1.807, 2.05) is 18.4 Å². The normalized spacial score (nSPS) is 16.1. The van der Waals surface area contributed by atoms with E-state index in [9.17, 15) is 9.18 Å². The van der Waals surface area contributed by atoms with Crippen molar-refractivity contribution >= 4 is 29.0 Å². The molecule has 1 aromatic carbocycles. The van der Waals surface area contributed by atoms with Crippen molar-refractivity contribution in [2.75, 3.05) is 18.9 Å². The molecule has 0 spiro atoms. The van der Waals surface area contributed by atoms with E-state index in [1.165, 1.54) is 29.2 Å². The van der Waals surface area contributed by atoms with Gasteiger partial charge >= 0.3 is 0 Å². The molecule has 1 amide bonds. The molecular weight excluding hydrogens is 423 g/mol. The van der Waals surface area contributed by atoms with Crippen molar-refractivity contribution < 1.29 is 13.9 Å². The number of aromatic nitrogens is 3. The molecule has 0 aliphatic carbocycles. The molecule has 0 saturated carbocycles. The lowest BCUT2D eigenvalue weighted by atomic mass is 10.2. The van der Waals surface area contributed by atoms with Crippen molar-refractivity contribution in [2.45, 2.75) is 37.4 Å². The van der Waals surface area contributed by atoms with Crippen LogP contribution in [-0.2, 0) is 11.2 Å². The summed E-state index contributed by atoms with van der Waals surface area (Å²) in [4.78, 5) is 13.1. The summed E-state index contributed by atoms with van der Waals surface area (Å²) in [5.41, 5.74) is 1.37. The number of nitrogens with one attached hydrogen (secondary N) is 1. The van der Waals surface area contributed by atoms with Crippen LogP contribution in [0, 0.1) is 12.7 Å². The van der Waals surface area contributed by atoms with Gasteiger partial charge in [-0.2, -0.15) is 0 Å². The molecule has 0 bridgehead atoms. The number of amides is 1. The summed E-state index contributed by atoms with van der Waals surface area (Å²) in [5, 5.41) is 14.0. The average Bonchev–Trinajstić information content (AvgIpc) is 3.48. The van der Waals surface area contributed by atoms with Gasteiger partial charge in [0.15, 0.2) is 5.16 Å². The van der Waals surface area contributed by atoms with E-state index < -0.39 is 0 Å². The van der Waals surface area contributed by atoms with Crippen LogP contribution in [0.25, 0.3) is 5.69 Å². The van der Waals surface area contributed by atoms with Gasteiger partial charge in [-0.3, -0.25) is 9.36 Å². The number of aryl methyl sites for hydroxylation is 1. The largest absolute Gasteiger partial charge is 0.377 e. The number of halogens is 1. The predicted octanol–water partition coefficient (Wildman–Crippen LogP) is 4.02. The molecule has 4 rings (SSSR count). The molecule has 1 unspecified atom stereocenters. The summed E-state index contributed by atoms with van der Waals surface area (Å²) in [6.07, 6.45) is 2.73. The number of thiophene rings is 1. The first-order chi connectivity index (χ1) is 14.6. The van der Waals surface area contributed by atoms with Gasteiger partial charge in [-0.05, 0) is 48.9 Å². The molecule has 158 valence electrons. The first-order valence-electron chi connectivity index (χ1n) is 9.89. The number of thioether (sulfide) groups is 1. The Morgan fingerprint density at radius 2 is 2.23 bits per heavy atom. The monoisotopic (exact) mass is 446 g/mol. The van der Waals surface area contributed by atoms with Gasteiger partial charge in [-0.1, -0.05) is 23.9 Å². The van der Waals surface area contributed by atoms with Gasteiger partial charge in [0, 0.05) is 25.3 Å². The zero-order chi connectivity index (χ0) is 20.9. The highest BCUT2D eigenvalue weighted by Gasteiger charge is 2.21. The Kier molecular flexibility index (Phi) is 6.81. The zero-order valence-electron chi connectivity index (χ0n) is 16.6. The van der Waals surface area contributed by atoms with Crippen LogP contribution in [-0.4, -0.2) is 45.7 Å². The molecule has 1 aliphatic heterocycles. The summed E-state index contributed by atoms with van der Waals surface area (Å²) in [5.74, 6) is 0.919. The fourth-order valence-electron chi connectivity index (χ4n) is 3.35. The SMILES string of the molecule is Cc1ccsc1C(=O)NCCc1nnc(SCC2CCCO2)n1-c1ccccc1F. The first kappa shape index (κ1) is 21.0. The molecule has 1 atom stereocenters. The first-order valence-corrected chi connectivity index (χ1v) is 11.8. The Morgan fingerprint density at radius 3 is 2.97 bits per heavy atom. The van der Waals surface area contributed by atoms with Crippen LogP contribution >= 0.6 is 23.1 Å². The lowest BCUT2D eigenvalue weighted by molar-refractivity contribution is 0.0957. The Morgan fingerprint density at radius 1 is 1.37 bits per heavy atom. The summed E-state index contributed by atoms with van der Waals surface area (Å²) < 4.78 is 22.0. The molecule has 3 heterocycles. The Labute approximate surface area is 182 Å². The number of nitrogens with zero attached hydrogens (tertiary/aromatic N) is 3. The van der Waals surface area contributed by atoms with E-state index in [2.05, 4.69) is 15.5 Å². The fourth-order valence-corrected chi connectivity index (χ4v) is 5.22. The lowest BCUT2D eigenvalue weighted by Gasteiger charge is -2.13. The maximum absolute atomic E-state index is 14.6. The van der Waals surface area contributed by atoms with Crippen LogP contribution in [0.15, 0.2) is 40.9 Å². The van der Waals surface area contributed by atoms with Crippen LogP contribution in [0.1, 0.15) is 33.9 Å². The Bertz CT molecular complexity index is 1010.